The molecule has 1 N–H and O–H groups in total. The number of methoxy groups -OCH3 is 1. The van der Waals surface area contributed by atoms with Crippen molar-refractivity contribution in [2.75, 3.05) is 18.0 Å². The molecule has 0 spiro atoms. The molecule has 0 bridgehead atoms. The number of anilines is 1. The van der Waals surface area contributed by atoms with Gasteiger partial charge in [-0.25, -0.2) is 8.42 Å². The van der Waals surface area contributed by atoms with E-state index in [1.54, 1.807) is 12.1 Å². The molecule has 0 unspecified atom stereocenters. The first kappa shape index (κ1) is 36.9. The molecule has 0 aromatic heterocycles. The summed E-state index contributed by atoms with van der Waals surface area (Å²) in [6, 6.07) is 25.0. The monoisotopic (exact) mass is 706 g/mol. The van der Waals surface area contributed by atoms with E-state index in [0.29, 0.717) is 5.56 Å². The zero-order valence-corrected chi connectivity index (χ0v) is 29.5. The highest BCUT2D eigenvalue weighted by Gasteiger charge is 2.37. The SMILES string of the molecule is COc1ccc(Cl)cc1N(CC(=O)N(Cc1ccccc1)[C@@H](Cc1ccccc1)C(=O)NC(C)(C)C)S(=O)(=O)c1ccc(C)c([N+](=O)[O-])c1. The number of ether oxygens (including phenoxy) is 1. The van der Waals surface area contributed by atoms with Gasteiger partial charge in [-0.05, 0) is 63.1 Å². The van der Waals surface area contributed by atoms with Gasteiger partial charge in [0.2, 0.25) is 11.8 Å². The summed E-state index contributed by atoms with van der Waals surface area (Å²) in [5.74, 6) is -1.05. The largest absolute Gasteiger partial charge is 0.495 e. The first-order chi connectivity index (χ1) is 23.1. The zero-order chi connectivity index (χ0) is 35.9. The van der Waals surface area contributed by atoms with Crippen LogP contribution >= 0.6 is 11.6 Å². The van der Waals surface area contributed by atoms with Crippen molar-refractivity contribution in [1.82, 2.24) is 10.2 Å². The third kappa shape index (κ3) is 9.36. The summed E-state index contributed by atoms with van der Waals surface area (Å²) in [6.07, 6.45) is 0.138. The maximum absolute atomic E-state index is 14.7. The standard InChI is InChI=1S/C36H39ClN4O7S/c1-25-16-18-29(22-30(25)41(44)45)49(46,47)40(31-21-28(37)17-19-33(31)48-5)24-34(42)39(23-27-14-10-7-11-15-27)32(35(43)38-36(2,3)4)20-26-12-8-6-9-13-26/h6-19,21-22,32H,20,23-24H2,1-5H3,(H,38,43)/t32-/m0/s1. The lowest BCUT2D eigenvalue weighted by molar-refractivity contribution is -0.385. The zero-order valence-electron chi connectivity index (χ0n) is 27.9. The van der Waals surface area contributed by atoms with Crippen molar-refractivity contribution in [1.29, 1.82) is 0 Å². The van der Waals surface area contributed by atoms with E-state index in [4.69, 9.17) is 16.3 Å². The van der Waals surface area contributed by atoms with Crippen molar-refractivity contribution in [2.45, 2.75) is 57.1 Å². The first-order valence-corrected chi connectivity index (χ1v) is 17.2. The summed E-state index contributed by atoms with van der Waals surface area (Å²) in [7, 11) is -3.33. The minimum Gasteiger partial charge on any atom is -0.495 e. The van der Waals surface area contributed by atoms with Gasteiger partial charge >= 0.3 is 0 Å². The van der Waals surface area contributed by atoms with E-state index in [1.807, 2.05) is 69.3 Å². The second-order valence-electron chi connectivity index (χ2n) is 12.5. The van der Waals surface area contributed by atoms with Gasteiger partial charge in [0.25, 0.3) is 15.7 Å². The number of nitro benzene ring substituents is 1. The number of hydrogen-bond acceptors (Lipinski definition) is 7. The predicted octanol–water partition coefficient (Wildman–Crippen LogP) is 6.32. The lowest BCUT2D eigenvalue weighted by atomic mass is 10.0. The highest BCUT2D eigenvalue weighted by atomic mass is 35.5. The Morgan fingerprint density at radius 3 is 2.12 bits per heavy atom. The molecule has 13 heteroatoms. The average molecular weight is 707 g/mol. The lowest BCUT2D eigenvalue weighted by Gasteiger charge is -2.35. The number of amides is 2. The van der Waals surface area contributed by atoms with Crippen LogP contribution in [-0.2, 0) is 32.6 Å². The number of carbonyl (C=O) groups excluding carboxylic acids is 2. The Labute approximate surface area is 291 Å². The molecule has 0 aliphatic heterocycles. The van der Waals surface area contributed by atoms with Gasteiger partial charge in [-0.2, -0.15) is 0 Å². The molecule has 0 heterocycles. The first-order valence-electron chi connectivity index (χ1n) is 15.4. The van der Waals surface area contributed by atoms with Gasteiger partial charge in [-0.15, -0.1) is 0 Å². The van der Waals surface area contributed by atoms with Crippen molar-refractivity contribution < 1.29 is 27.7 Å². The molecule has 0 aliphatic carbocycles. The molecular weight excluding hydrogens is 668 g/mol. The Bertz CT molecular complexity index is 1920. The predicted molar refractivity (Wildman–Crippen MR) is 189 cm³/mol. The highest BCUT2D eigenvalue weighted by molar-refractivity contribution is 7.92. The second-order valence-corrected chi connectivity index (χ2v) is 14.8. The number of nitro groups is 1. The number of aryl methyl sites for hydroxylation is 1. The summed E-state index contributed by atoms with van der Waals surface area (Å²) in [6.45, 7) is 6.16. The second kappa shape index (κ2) is 15.5. The van der Waals surface area contributed by atoms with Crippen LogP contribution in [0, 0.1) is 17.0 Å². The maximum atomic E-state index is 14.7. The number of rotatable bonds is 13. The average Bonchev–Trinajstić information content (AvgIpc) is 3.05. The van der Waals surface area contributed by atoms with Crippen molar-refractivity contribution in [3.8, 4) is 5.75 Å². The van der Waals surface area contributed by atoms with Crippen LogP contribution in [-0.4, -0.2) is 55.3 Å². The van der Waals surface area contributed by atoms with Gasteiger partial charge < -0.3 is 15.0 Å². The molecule has 4 aromatic carbocycles. The van der Waals surface area contributed by atoms with Gasteiger partial charge in [0.15, 0.2) is 0 Å². The summed E-state index contributed by atoms with van der Waals surface area (Å²) < 4.78 is 35.2. The number of nitrogens with zero attached hydrogens (tertiary/aromatic N) is 3. The van der Waals surface area contributed by atoms with Crippen LogP contribution in [0.15, 0.2) is 102 Å². The lowest BCUT2D eigenvalue weighted by Crippen LogP contribution is -2.56. The number of benzene rings is 4. The van der Waals surface area contributed by atoms with E-state index in [-0.39, 0.29) is 35.0 Å². The fourth-order valence-corrected chi connectivity index (χ4v) is 6.84. The molecule has 4 rings (SSSR count). The van der Waals surface area contributed by atoms with Crippen LogP contribution < -0.4 is 14.4 Å². The van der Waals surface area contributed by atoms with Crippen LogP contribution in [0.2, 0.25) is 5.02 Å². The van der Waals surface area contributed by atoms with E-state index in [1.165, 1.54) is 49.3 Å². The fraction of sp³-hybridized carbons (Fsp3) is 0.278. The van der Waals surface area contributed by atoms with Crippen LogP contribution in [0.25, 0.3) is 0 Å². The molecule has 0 aliphatic rings. The molecule has 1 atom stereocenters. The van der Waals surface area contributed by atoms with Gasteiger partial charge in [0, 0.05) is 35.2 Å². The minimum absolute atomic E-state index is 0.0225. The van der Waals surface area contributed by atoms with Gasteiger partial charge in [-0.3, -0.25) is 24.0 Å². The molecule has 258 valence electrons. The van der Waals surface area contributed by atoms with Gasteiger partial charge in [-0.1, -0.05) is 78.3 Å². The molecule has 0 saturated heterocycles. The molecule has 4 aromatic rings. The molecule has 0 saturated carbocycles. The highest BCUT2D eigenvalue weighted by Crippen LogP contribution is 2.36. The Kier molecular flexibility index (Phi) is 11.7. The van der Waals surface area contributed by atoms with E-state index in [0.717, 1.165) is 15.9 Å². The van der Waals surface area contributed by atoms with E-state index >= 15 is 0 Å². The molecule has 0 radical (unpaired) electrons. The van der Waals surface area contributed by atoms with Crippen molar-refractivity contribution in [2.24, 2.45) is 0 Å². The topological polar surface area (TPSA) is 139 Å². The van der Waals surface area contributed by atoms with E-state index in [2.05, 4.69) is 5.32 Å². The van der Waals surface area contributed by atoms with Crippen LogP contribution in [0.3, 0.4) is 0 Å². The van der Waals surface area contributed by atoms with Gasteiger partial charge in [0.05, 0.1) is 22.6 Å². The molecule has 49 heavy (non-hydrogen) atoms. The summed E-state index contributed by atoms with van der Waals surface area (Å²) in [5.41, 5.74) is 0.645. The Morgan fingerprint density at radius 2 is 1.55 bits per heavy atom. The minimum atomic E-state index is -4.67. The number of sulfonamides is 1. The van der Waals surface area contributed by atoms with Crippen molar-refractivity contribution in [3.63, 3.8) is 0 Å². The van der Waals surface area contributed by atoms with Crippen LogP contribution in [0.4, 0.5) is 11.4 Å². The third-order valence-electron chi connectivity index (χ3n) is 7.62. The number of carbonyl (C=O) groups is 2. The molecule has 11 nitrogen and oxygen atoms in total. The summed E-state index contributed by atoms with van der Waals surface area (Å²) in [5, 5.41) is 14.9. The number of hydrogen-bond donors (Lipinski definition) is 1. The van der Waals surface area contributed by atoms with E-state index in [9.17, 15) is 28.1 Å². The Balaban J connectivity index is 1.89. The summed E-state index contributed by atoms with van der Waals surface area (Å²) >= 11 is 6.34. The number of halogens is 1. The molecular formula is C36H39ClN4O7S. The third-order valence-corrected chi connectivity index (χ3v) is 9.61. The summed E-state index contributed by atoms with van der Waals surface area (Å²) in [4.78, 5) is 40.7. The van der Waals surface area contributed by atoms with Crippen molar-refractivity contribution >= 4 is 44.8 Å². The van der Waals surface area contributed by atoms with Crippen LogP contribution in [0.5, 0.6) is 5.75 Å². The maximum Gasteiger partial charge on any atom is 0.273 e. The molecule has 2 amide bonds. The normalized spacial score (nSPS) is 12.1. The van der Waals surface area contributed by atoms with E-state index < -0.39 is 55.5 Å². The Hall–Kier alpha value is -4.94. The Morgan fingerprint density at radius 1 is 0.939 bits per heavy atom. The molecule has 0 fully saturated rings. The van der Waals surface area contributed by atoms with Crippen LogP contribution in [0.1, 0.15) is 37.5 Å². The fourth-order valence-electron chi connectivity index (χ4n) is 5.23. The van der Waals surface area contributed by atoms with Gasteiger partial charge in [0.1, 0.15) is 18.3 Å². The quantitative estimate of drug-likeness (QED) is 0.127. The van der Waals surface area contributed by atoms with Crippen molar-refractivity contribution in [3.05, 3.63) is 129 Å². The smallest absolute Gasteiger partial charge is 0.273 e. The number of nitrogens with one attached hydrogen (secondary N) is 1.